The molecule has 5 amide bonds. The van der Waals surface area contributed by atoms with Crippen molar-refractivity contribution in [3.8, 4) is 28.1 Å². The van der Waals surface area contributed by atoms with Crippen molar-refractivity contribution in [3.63, 3.8) is 0 Å². The average Bonchev–Trinajstić information content (AvgIpc) is 3.84. The lowest BCUT2D eigenvalue weighted by atomic mass is 10.0. The number of methoxy groups -OCH3 is 1. The first-order valence-corrected chi connectivity index (χ1v) is 18.0. The van der Waals surface area contributed by atoms with Crippen LogP contribution in [0.1, 0.15) is 42.5 Å². The molecular weight excluding hydrogens is 754 g/mol. The van der Waals surface area contributed by atoms with E-state index < -0.39 is 35.6 Å². The minimum atomic E-state index is -5.13. The maximum atomic E-state index is 15.5. The molecule has 0 saturated carbocycles. The molecule has 0 radical (unpaired) electrons. The maximum absolute atomic E-state index is 15.5. The van der Waals surface area contributed by atoms with E-state index in [2.05, 4.69) is 40.4 Å². The van der Waals surface area contributed by atoms with Crippen molar-refractivity contribution in [2.45, 2.75) is 38.7 Å². The molecule has 2 saturated heterocycles. The number of piperazine rings is 1. The number of likely N-dealkylation sites (tertiary alicyclic amines) is 1. The monoisotopic (exact) mass is 795 g/mol. The predicted octanol–water partition coefficient (Wildman–Crippen LogP) is 5.54. The van der Waals surface area contributed by atoms with Crippen LogP contribution in [0.4, 0.5) is 38.7 Å². The van der Waals surface area contributed by atoms with Crippen molar-refractivity contribution in [2.75, 3.05) is 57.1 Å². The van der Waals surface area contributed by atoms with Gasteiger partial charge in [-0.15, -0.1) is 13.2 Å². The van der Waals surface area contributed by atoms with Gasteiger partial charge in [0.25, 0.3) is 5.91 Å². The summed E-state index contributed by atoms with van der Waals surface area (Å²) in [5.74, 6) is -1.62. The van der Waals surface area contributed by atoms with E-state index in [4.69, 9.17) is 0 Å². The molecule has 2 aromatic heterocycles. The number of alkyl carbamates (subject to hydrolysis) is 1. The second kappa shape index (κ2) is 16.8. The van der Waals surface area contributed by atoms with Gasteiger partial charge in [-0.1, -0.05) is 31.2 Å². The molecule has 2 fully saturated rings. The van der Waals surface area contributed by atoms with Gasteiger partial charge in [-0.3, -0.25) is 9.59 Å². The molecule has 302 valence electrons. The van der Waals surface area contributed by atoms with Crippen LogP contribution < -0.4 is 25.6 Å². The van der Waals surface area contributed by atoms with E-state index in [9.17, 15) is 32.3 Å². The number of urea groups is 1. The second-order valence-corrected chi connectivity index (χ2v) is 13.8. The topological polar surface area (TPSA) is 174 Å². The van der Waals surface area contributed by atoms with Crippen LogP contribution in [0.3, 0.4) is 0 Å². The van der Waals surface area contributed by atoms with Crippen molar-refractivity contribution in [3.05, 3.63) is 78.1 Å². The Balaban J connectivity index is 1.16. The number of carbonyl (C=O) groups excluding carboxylic acids is 4. The number of H-pyrrole nitrogens is 1. The number of amides is 5. The zero-order chi connectivity index (χ0) is 41.0. The van der Waals surface area contributed by atoms with Gasteiger partial charge in [0.1, 0.15) is 29.8 Å². The highest BCUT2D eigenvalue weighted by Crippen LogP contribution is 2.39. The molecule has 4 N–H and O–H groups in total. The fraction of sp³-hybridized carbons (Fsp3) is 0.368. The Morgan fingerprint density at radius 3 is 2.37 bits per heavy atom. The van der Waals surface area contributed by atoms with Crippen molar-refractivity contribution in [1.29, 1.82) is 0 Å². The molecule has 2 aliphatic heterocycles. The third-order valence-corrected chi connectivity index (χ3v) is 9.78. The Morgan fingerprint density at radius 1 is 0.982 bits per heavy atom. The van der Waals surface area contributed by atoms with Gasteiger partial charge in [0, 0.05) is 68.9 Å². The molecule has 3 unspecified atom stereocenters. The van der Waals surface area contributed by atoms with Gasteiger partial charge in [0.2, 0.25) is 5.91 Å². The summed E-state index contributed by atoms with van der Waals surface area (Å²) in [6.45, 7) is 5.58. The molecule has 0 aliphatic carbocycles. The van der Waals surface area contributed by atoms with Crippen LogP contribution in [-0.4, -0.2) is 108 Å². The molecule has 57 heavy (non-hydrogen) atoms. The summed E-state index contributed by atoms with van der Waals surface area (Å²) < 4.78 is 65.2. The highest BCUT2D eigenvalue weighted by Gasteiger charge is 2.36. The first-order valence-electron chi connectivity index (χ1n) is 18.0. The second-order valence-electron chi connectivity index (χ2n) is 13.8. The van der Waals surface area contributed by atoms with E-state index in [0.29, 0.717) is 55.5 Å². The fourth-order valence-corrected chi connectivity index (χ4v) is 6.97. The van der Waals surface area contributed by atoms with E-state index >= 15 is 4.39 Å². The molecule has 6 rings (SSSR count). The van der Waals surface area contributed by atoms with E-state index in [0.717, 1.165) is 12.1 Å². The fourth-order valence-electron chi connectivity index (χ4n) is 6.97. The van der Waals surface area contributed by atoms with Crippen LogP contribution in [0, 0.1) is 11.7 Å². The highest BCUT2D eigenvalue weighted by molar-refractivity contribution is 6.04. The third-order valence-electron chi connectivity index (χ3n) is 9.78. The molecule has 4 aromatic rings. The molecule has 4 heterocycles. The van der Waals surface area contributed by atoms with Crippen LogP contribution >= 0.6 is 0 Å². The normalized spacial score (nSPS) is 18.2. The van der Waals surface area contributed by atoms with Gasteiger partial charge in [0.05, 0.1) is 30.1 Å². The van der Waals surface area contributed by atoms with Gasteiger partial charge < -0.3 is 45.1 Å². The zero-order valence-electron chi connectivity index (χ0n) is 31.4. The minimum absolute atomic E-state index is 0.0343. The summed E-state index contributed by atoms with van der Waals surface area (Å²) in [7, 11) is 2.76. The summed E-state index contributed by atoms with van der Waals surface area (Å²) in [5.41, 5.74) is 0.542. The average molecular weight is 796 g/mol. The van der Waals surface area contributed by atoms with Crippen LogP contribution in [0.5, 0.6) is 5.75 Å². The van der Waals surface area contributed by atoms with Gasteiger partial charge in [0.15, 0.2) is 0 Å². The molecule has 15 nitrogen and oxygen atoms in total. The van der Waals surface area contributed by atoms with Crippen molar-refractivity contribution >= 4 is 35.4 Å². The van der Waals surface area contributed by atoms with Gasteiger partial charge in [-0.2, -0.15) is 0 Å². The number of imidazole rings is 1. The molecule has 0 bridgehead atoms. The summed E-state index contributed by atoms with van der Waals surface area (Å²) >= 11 is 0. The lowest BCUT2D eigenvalue weighted by Crippen LogP contribution is -2.56. The summed E-state index contributed by atoms with van der Waals surface area (Å²) in [5, 5.41) is 7.32. The maximum Gasteiger partial charge on any atom is 0.573 e. The number of alkyl halides is 3. The first kappa shape index (κ1) is 40.3. The minimum Gasteiger partial charge on any atom is -0.453 e. The number of hydrogen-bond acceptors (Lipinski definition) is 9. The zero-order valence-corrected chi connectivity index (χ0v) is 31.4. The Morgan fingerprint density at radius 2 is 1.72 bits per heavy atom. The third kappa shape index (κ3) is 9.36. The smallest absolute Gasteiger partial charge is 0.453 e. The quantitative estimate of drug-likeness (QED) is 0.159. The summed E-state index contributed by atoms with van der Waals surface area (Å²) in [4.78, 5) is 67.0. The van der Waals surface area contributed by atoms with E-state index in [1.54, 1.807) is 41.2 Å². The van der Waals surface area contributed by atoms with Crippen molar-refractivity contribution in [2.24, 2.45) is 5.92 Å². The number of benzene rings is 2. The van der Waals surface area contributed by atoms with Gasteiger partial charge in [-0.05, 0) is 43.0 Å². The van der Waals surface area contributed by atoms with Crippen LogP contribution in [0.15, 0.2) is 60.9 Å². The Labute approximate surface area is 324 Å². The number of anilines is 2. The van der Waals surface area contributed by atoms with Gasteiger partial charge in [-0.25, -0.2) is 23.9 Å². The lowest BCUT2D eigenvalue weighted by Gasteiger charge is -2.40. The molecule has 2 aliphatic rings. The number of pyridine rings is 1. The summed E-state index contributed by atoms with van der Waals surface area (Å²) in [6.07, 6.45) is -2.32. The number of carbonyl (C=O) groups is 4. The number of rotatable bonds is 9. The molecule has 0 spiro atoms. The number of halogens is 4. The van der Waals surface area contributed by atoms with Crippen LogP contribution in [0.25, 0.3) is 22.4 Å². The lowest BCUT2D eigenvalue weighted by molar-refractivity contribution is -0.274. The van der Waals surface area contributed by atoms with Crippen LogP contribution in [0.2, 0.25) is 0 Å². The largest absolute Gasteiger partial charge is 0.573 e. The Bertz CT molecular complexity index is 2110. The first-order chi connectivity index (χ1) is 27.1. The Hall–Kier alpha value is -6.40. The Kier molecular flexibility index (Phi) is 11.8. The molecule has 19 heteroatoms. The number of hydrogen-bond donors (Lipinski definition) is 4. The summed E-state index contributed by atoms with van der Waals surface area (Å²) in [6, 6.07) is 10.2. The highest BCUT2D eigenvalue weighted by atomic mass is 19.4. The standard InChI is InChI=1S/C38H41F4N9O6/c1-21-13-30(51(19-21)33(52)18-46-37(55)56-4)34-45-17-29(47-34)24-7-5-23(6-8-24)26-14-27(39)28(15-31(26)57-38(40,41)42)48-35(53)25-9-10-32(44-16-25)49-11-12-50(22(2)20-49)36(54)43-3/h5-10,14-17,21-22,30H,11-13,18-20H2,1-4H3,(H,43,54)(H,45,47)(H,46,55)(H,48,53). The predicted molar refractivity (Wildman–Crippen MR) is 200 cm³/mol. The van der Waals surface area contributed by atoms with Crippen LogP contribution in [-0.2, 0) is 9.53 Å². The van der Waals surface area contributed by atoms with Crippen molar-refractivity contribution < 1.29 is 46.2 Å². The number of nitrogens with one attached hydrogen (secondary N) is 4. The molecular formula is C38H41F4N9O6. The molecule has 3 atom stereocenters. The van der Waals surface area contributed by atoms with E-state index in [-0.39, 0.29) is 53.2 Å². The van der Waals surface area contributed by atoms with Gasteiger partial charge >= 0.3 is 18.5 Å². The number of nitrogens with zero attached hydrogens (tertiary/aromatic N) is 5. The SMILES string of the molecule is CNC(=O)N1CCN(c2ccc(C(=O)Nc3cc(OC(F)(F)F)c(-c4ccc(-c5c[nH]c(C6CC(C)CN6C(=O)CNC(=O)OC)n5)cc4)cc3F)cn2)CC1C. The van der Waals surface area contributed by atoms with Crippen molar-refractivity contribution in [1.82, 2.24) is 35.4 Å². The van der Waals surface area contributed by atoms with E-state index in [1.165, 1.54) is 31.5 Å². The number of ether oxygens (including phenoxy) is 2. The number of aromatic amines is 1. The molecule has 2 aromatic carbocycles. The number of aromatic nitrogens is 3. The van der Waals surface area contributed by atoms with E-state index in [1.807, 2.05) is 18.7 Å².